The van der Waals surface area contributed by atoms with E-state index in [1.807, 2.05) is 30.3 Å². The molecule has 1 heterocycles. The van der Waals surface area contributed by atoms with Crippen molar-refractivity contribution in [1.82, 2.24) is 5.32 Å². The summed E-state index contributed by atoms with van der Waals surface area (Å²) < 4.78 is 40.4. The zero-order valence-electron chi connectivity index (χ0n) is 20.4. The molecule has 1 aliphatic heterocycles. The molecule has 0 fully saturated rings. The molecule has 1 unspecified atom stereocenters. The lowest BCUT2D eigenvalue weighted by atomic mass is 9.89. The van der Waals surface area contributed by atoms with E-state index in [1.54, 1.807) is 48.5 Å². The van der Waals surface area contributed by atoms with Gasteiger partial charge in [0.15, 0.2) is 5.78 Å². The standard InChI is InChI=1S/C31H25F3N2O2/c32-31(33,34)23-11-13-25(21-9-5-2-6-10-21)27(19-23)30(38)36-24-12-14-26-22(18-24)15-16-35-29(26)28(37)17-20-7-3-1-4-8-20/h1-14,18-19,29,35H,15-17H2,(H,36,38). The maximum atomic E-state index is 13.5. The molecule has 1 amide bonds. The molecule has 4 aromatic rings. The average Bonchev–Trinajstić information content (AvgIpc) is 2.92. The fourth-order valence-electron chi connectivity index (χ4n) is 4.81. The Labute approximate surface area is 218 Å². The van der Waals surface area contributed by atoms with Gasteiger partial charge in [0.25, 0.3) is 5.91 Å². The molecule has 4 aromatic carbocycles. The minimum atomic E-state index is -4.58. The molecule has 1 aliphatic rings. The molecule has 0 saturated heterocycles. The zero-order valence-corrected chi connectivity index (χ0v) is 20.4. The van der Waals surface area contributed by atoms with Crippen LogP contribution < -0.4 is 10.6 Å². The van der Waals surface area contributed by atoms with Crippen molar-refractivity contribution in [2.75, 3.05) is 11.9 Å². The molecule has 0 radical (unpaired) electrons. The molecule has 5 rings (SSSR count). The number of rotatable bonds is 6. The highest BCUT2D eigenvalue weighted by atomic mass is 19.4. The normalized spacial score (nSPS) is 15.0. The summed E-state index contributed by atoms with van der Waals surface area (Å²) in [4.78, 5) is 26.3. The van der Waals surface area contributed by atoms with Gasteiger partial charge in [0.05, 0.1) is 11.6 Å². The van der Waals surface area contributed by atoms with E-state index in [4.69, 9.17) is 0 Å². The van der Waals surface area contributed by atoms with Crippen LogP contribution in [0.15, 0.2) is 97.1 Å². The number of Topliss-reactive ketones (excluding diaryl/α,β-unsaturated/α-hetero) is 1. The topological polar surface area (TPSA) is 58.2 Å². The van der Waals surface area contributed by atoms with Gasteiger partial charge < -0.3 is 10.6 Å². The Morgan fingerprint density at radius 1 is 0.868 bits per heavy atom. The highest BCUT2D eigenvalue weighted by Crippen LogP contribution is 2.34. The number of nitrogens with one attached hydrogen (secondary N) is 2. The minimum absolute atomic E-state index is 0.0467. The van der Waals surface area contributed by atoms with Crippen LogP contribution in [0.5, 0.6) is 0 Å². The third-order valence-corrected chi connectivity index (χ3v) is 6.67. The maximum Gasteiger partial charge on any atom is 0.416 e. The first-order valence-corrected chi connectivity index (χ1v) is 12.3. The van der Waals surface area contributed by atoms with E-state index in [0.717, 1.165) is 28.8 Å². The van der Waals surface area contributed by atoms with Crippen LogP contribution in [0.2, 0.25) is 0 Å². The molecule has 0 spiro atoms. The van der Waals surface area contributed by atoms with E-state index in [-0.39, 0.29) is 11.3 Å². The van der Waals surface area contributed by atoms with E-state index >= 15 is 0 Å². The molecule has 0 aliphatic carbocycles. The molecule has 2 N–H and O–H groups in total. The first kappa shape index (κ1) is 25.4. The van der Waals surface area contributed by atoms with Gasteiger partial charge in [-0.05, 0) is 58.5 Å². The van der Waals surface area contributed by atoms with Gasteiger partial charge in [0.1, 0.15) is 0 Å². The number of alkyl halides is 3. The summed E-state index contributed by atoms with van der Waals surface area (Å²) in [5.74, 6) is -0.592. The third kappa shape index (κ3) is 5.53. The zero-order chi connectivity index (χ0) is 26.7. The number of ketones is 1. The number of hydrogen-bond acceptors (Lipinski definition) is 3. The van der Waals surface area contributed by atoms with Gasteiger partial charge in [-0.15, -0.1) is 0 Å². The van der Waals surface area contributed by atoms with Crippen molar-refractivity contribution < 1.29 is 22.8 Å². The molecule has 192 valence electrons. The lowest BCUT2D eigenvalue weighted by Crippen LogP contribution is -2.36. The number of carbonyl (C=O) groups is 2. The van der Waals surface area contributed by atoms with Crippen molar-refractivity contribution in [1.29, 1.82) is 0 Å². The second-order valence-corrected chi connectivity index (χ2v) is 9.26. The van der Waals surface area contributed by atoms with Crippen LogP contribution in [-0.4, -0.2) is 18.2 Å². The van der Waals surface area contributed by atoms with Gasteiger partial charge in [-0.3, -0.25) is 9.59 Å². The van der Waals surface area contributed by atoms with Crippen LogP contribution in [0.3, 0.4) is 0 Å². The van der Waals surface area contributed by atoms with Crippen molar-refractivity contribution in [3.05, 3.63) is 125 Å². The number of halogens is 3. The number of fused-ring (bicyclic) bond motifs is 1. The van der Waals surface area contributed by atoms with Crippen LogP contribution >= 0.6 is 0 Å². The van der Waals surface area contributed by atoms with Crippen LogP contribution in [0.25, 0.3) is 11.1 Å². The first-order chi connectivity index (χ1) is 18.3. The van der Waals surface area contributed by atoms with Gasteiger partial charge >= 0.3 is 6.18 Å². The van der Waals surface area contributed by atoms with Gasteiger partial charge in [0, 0.05) is 24.2 Å². The summed E-state index contributed by atoms with van der Waals surface area (Å²) in [6, 6.07) is 26.4. The van der Waals surface area contributed by atoms with Gasteiger partial charge in [-0.1, -0.05) is 72.8 Å². The predicted molar refractivity (Wildman–Crippen MR) is 141 cm³/mol. The van der Waals surface area contributed by atoms with E-state index in [2.05, 4.69) is 10.6 Å². The van der Waals surface area contributed by atoms with Crippen LogP contribution in [0.4, 0.5) is 18.9 Å². The Morgan fingerprint density at radius 3 is 2.29 bits per heavy atom. The fourth-order valence-corrected chi connectivity index (χ4v) is 4.81. The SMILES string of the molecule is O=C(Nc1ccc2c(c1)CCNC2C(=O)Cc1ccccc1)c1cc(C(F)(F)F)ccc1-c1ccccc1. The van der Waals surface area contributed by atoms with Crippen molar-refractivity contribution >= 4 is 17.4 Å². The summed E-state index contributed by atoms with van der Waals surface area (Å²) >= 11 is 0. The Kier molecular flexibility index (Phi) is 7.11. The van der Waals surface area contributed by atoms with E-state index in [0.29, 0.717) is 36.2 Å². The van der Waals surface area contributed by atoms with Crippen LogP contribution in [0.1, 0.15) is 38.7 Å². The molecule has 0 saturated carbocycles. The predicted octanol–water partition coefficient (Wildman–Crippen LogP) is 6.62. The number of hydrogen-bond donors (Lipinski definition) is 2. The third-order valence-electron chi connectivity index (χ3n) is 6.67. The van der Waals surface area contributed by atoms with E-state index < -0.39 is 23.7 Å². The second kappa shape index (κ2) is 10.6. The van der Waals surface area contributed by atoms with Crippen molar-refractivity contribution in [2.45, 2.75) is 25.1 Å². The van der Waals surface area contributed by atoms with Crippen molar-refractivity contribution in [3.8, 4) is 11.1 Å². The number of anilines is 1. The Balaban J connectivity index is 1.41. The maximum absolute atomic E-state index is 13.5. The minimum Gasteiger partial charge on any atom is -0.322 e. The number of carbonyl (C=O) groups excluding carboxylic acids is 2. The summed E-state index contributed by atoms with van der Waals surface area (Å²) in [6.07, 6.45) is -3.62. The molecule has 38 heavy (non-hydrogen) atoms. The summed E-state index contributed by atoms with van der Waals surface area (Å²) in [6.45, 7) is 0.599. The van der Waals surface area contributed by atoms with Crippen LogP contribution in [-0.2, 0) is 23.8 Å². The molecule has 4 nitrogen and oxygen atoms in total. The Morgan fingerprint density at radius 2 is 1.58 bits per heavy atom. The van der Waals surface area contributed by atoms with Gasteiger partial charge in [-0.25, -0.2) is 0 Å². The van der Waals surface area contributed by atoms with E-state index in [9.17, 15) is 22.8 Å². The molecular formula is C31H25F3N2O2. The highest BCUT2D eigenvalue weighted by Gasteiger charge is 2.32. The quantitative estimate of drug-likeness (QED) is 0.304. The van der Waals surface area contributed by atoms with Crippen molar-refractivity contribution in [3.63, 3.8) is 0 Å². The number of amides is 1. The first-order valence-electron chi connectivity index (χ1n) is 12.3. The molecule has 0 bridgehead atoms. The second-order valence-electron chi connectivity index (χ2n) is 9.26. The Bertz CT molecular complexity index is 1470. The molecule has 1 atom stereocenters. The smallest absolute Gasteiger partial charge is 0.322 e. The summed E-state index contributed by atoms with van der Waals surface area (Å²) in [7, 11) is 0. The van der Waals surface area contributed by atoms with Gasteiger partial charge in [-0.2, -0.15) is 13.2 Å². The van der Waals surface area contributed by atoms with Crippen molar-refractivity contribution in [2.24, 2.45) is 0 Å². The number of benzene rings is 4. The average molecular weight is 515 g/mol. The lowest BCUT2D eigenvalue weighted by molar-refractivity contribution is -0.137. The molecular weight excluding hydrogens is 489 g/mol. The Hall–Kier alpha value is -4.23. The molecule has 7 heteroatoms. The lowest BCUT2D eigenvalue weighted by Gasteiger charge is -2.26. The fraction of sp³-hybridized carbons (Fsp3) is 0.161. The van der Waals surface area contributed by atoms with Crippen LogP contribution in [0, 0.1) is 0 Å². The monoisotopic (exact) mass is 514 g/mol. The largest absolute Gasteiger partial charge is 0.416 e. The summed E-state index contributed by atoms with van der Waals surface area (Å²) in [5.41, 5.74) is 3.25. The summed E-state index contributed by atoms with van der Waals surface area (Å²) in [5, 5.41) is 6.05. The highest BCUT2D eigenvalue weighted by molar-refractivity contribution is 6.09. The van der Waals surface area contributed by atoms with Gasteiger partial charge in [0.2, 0.25) is 0 Å². The van der Waals surface area contributed by atoms with E-state index in [1.165, 1.54) is 6.07 Å². The molecule has 0 aromatic heterocycles.